The predicted molar refractivity (Wildman–Crippen MR) is 122 cm³/mol. The van der Waals surface area contributed by atoms with E-state index in [0.29, 0.717) is 31.3 Å². The molecule has 0 saturated carbocycles. The Morgan fingerprint density at radius 2 is 1.94 bits per heavy atom. The second kappa shape index (κ2) is 8.00. The zero-order chi connectivity index (χ0) is 22.3. The number of hydrogen-bond acceptors (Lipinski definition) is 6. The van der Waals surface area contributed by atoms with Gasteiger partial charge in [-0.3, -0.25) is 4.79 Å². The first-order chi connectivity index (χ1) is 15.5. The molecule has 1 fully saturated rings. The summed E-state index contributed by atoms with van der Waals surface area (Å²) in [5, 5.41) is 9.17. The molecule has 0 atom stereocenters. The highest BCUT2D eigenvalue weighted by Crippen LogP contribution is 2.47. The molecule has 3 aromatic rings. The number of aliphatic hydroxyl groups is 1. The molecule has 1 saturated heterocycles. The van der Waals surface area contributed by atoms with Crippen LogP contribution in [-0.4, -0.2) is 65.8 Å². The second-order valence-electron chi connectivity index (χ2n) is 8.68. The van der Waals surface area contributed by atoms with Crippen molar-refractivity contribution < 1.29 is 14.6 Å². The summed E-state index contributed by atoms with van der Waals surface area (Å²) >= 11 is 0. The third-order valence-electron chi connectivity index (χ3n) is 6.34. The Morgan fingerprint density at radius 1 is 1.16 bits per heavy atom. The van der Waals surface area contributed by atoms with Crippen molar-refractivity contribution in [3.63, 3.8) is 0 Å². The third kappa shape index (κ3) is 3.43. The summed E-state index contributed by atoms with van der Waals surface area (Å²) in [6.07, 6.45) is 3.70. The smallest absolute Gasteiger partial charge is 0.253 e. The molecule has 1 aromatic heterocycles. The number of aromatic nitrogens is 2. The highest BCUT2D eigenvalue weighted by molar-refractivity contribution is 5.96. The SMILES string of the molecule is Cc1cccc(-c2cnc(N3CC4(COC4)c4ccc(C(=O)N(C)CCO)cc43)nc2)c1. The van der Waals surface area contributed by atoms with Gasteiger partial charge in [0.25, 0.3) is 5.91 Å². The van der Waals surface area contributed by atoms with E-state index < -0.39 is 0 Å². The van der Waals surface area contributed by atoms with Crippen molar-refractivity contribution in [1.29, 1.82) is 0 Å². The van der Waals surface area contributed by atoms with Gasteiger partial charge in [0.05, 0.1) is 25.2 Å². The lowest BCUT2D eigenvalue weighted by Crippen LogP contribution is -2.49. The van der Waals surface area contributed by atoms with Gasteiger partial charge in [0.2, 0.25) is 5.95 Å². The first kappa shape index (κ1) is 20.6. The summed E-state index contributed by atoms with van der Waals surface area (Å²) in [4.78, 5) is 25.7. The van der Waals surface area contributed by atoms with Crippen LogP contribution in [-0.2, 0) is 10.2 Å². The Bertz CT molecular complexity index is 1160. The molecule has 2 aromatic carbocycles. The number of amides is 1. The number of ether oxygens (including phenoxy) is 1. The number of benzene rings is 2. The standard InChI is InChI=1S/C25H26N4O3/c1-17-4-3-5-18(10-17)20-12-26-24(27-13-20)29-14-25(15-32-16-25)21-7-6-19(11-22(21)29)23(31)28(2)8-9-30/h3-7,10-13,30H,8-9,14-16H2,1-2H3. The number of carbonyl (C=O) groups excluding carboxylic acids is 1. The second-order valence-corrected chi connectivity index (χ2v) is 8.68. The van der Waals surface area contributed by atoms with E-state index in [1.54, 1.807) is 7.05 Å². The van der Waals surface area contributed by atoms with E-state index in [9.17, 15) is 9.90 Å². The Morgan fingerprint density at radius 3 is 2.59 bits per heavy atom. The van der Waals surface area contributed by atoms with Crippen LogP contribution in [0.15, 0.2) is 54.9 Å². The number of aliphatic hydroxyl groups excluding tert-OH is 1. The van der Waals surface area contributed by atoms with E-state index in [-0.39, 0.29) is 17.9 Å². The fourth-order valence-electron chi connectivity index (χ4n) is 4.49. The van der Waals surface area contributed by atoms with Crippen LogP contribution in [0.2, 0.25) is 0 Å². The molecule has 3 heterocycles. The van der Waals surface area contributed by atoms with E-state index in [4.69, 9.17) is 4.74 Å². The van der Waals surface area contributed by atoms with Gasteiger partial charge in [0.1, 0.15) is 0 Å². The van der Waals surface area contributed by atoms with Gasteiger partial charge in [-0.15, -0.1) is 0 Å². The Kier molecular flexibility index (Phi) is 5.15. The van der Waals surface area contributed by atoms with Gasteiger partial charge in [-0.05, 0) is 30.2 Å². The van der Waals surface area contributed by atoms with Crippen molar-refractivity contribution in [2.24, 2.45) is 0 Å². The van der Waals surface area contributed by atoms with E-state index in [2.05, 4.69) is 40.0 Å². The lowest BCUT2D eigenvalue weighted by Gasteiger charge is -2.38. The van der Waals surface area contributed by atoms with Crippen LogP contribution >= 0.6 is 0 Å². The quantitative estimate of drug-likeness (QED) is 0.671. The third-order valence-corrected chi connectivity index (χ3v) is 6.34. The van der Waals surface area contributed by atoms with Crippen molar-refractivity contribution in [3.8, 4) is 11.1 Å². The minimum absolute atomic E-state index is 0.0686. The fourth-order valence-corrected chi connectivity index (χ4v) is 4.49. The summed E-state index contributed by atoms with van der Waals surface area (Å²) in [6, 6.07) is 14.1. The van der Waals surface area contributed by atoms with E-state index >= 15 is 0 Å². The molecule has 5 rings (SSSR count). The largest absolute Gasteiger partial charge is 0.395 e. The maximum absolute atomic E-state index is 12.8. The molecular formula is C25H26N4O3. The van der Waals surface area contributed by atoms with Gasteiger partial charge in [-0.2, -0.15) is 0 Å². The maximum Gasteiger partial charge on any atom is 0.253 e. The highest BCUT2D eigenvalue weighted by atomic mass is 16.5. The van der Waals surface area contributed by atoms with Crippen LogP contribution in [0.5, 0.6) is 0 Å². The number of anilines is 2. The molecule has 2 aliphatic heterocycles. The summed E-state index contributed by atoms with van der Waals surface area (Å²) in [7, 11) is 1.69. The molecule has 0 bridgehead atoms. The summed E-state index contributed by atoms with van der Waals surface area (Å²) < 4.78 is 5.57. The van der Waals surface area contributed by atoms with Gasteiger partial charge >= 0.3 is 0 Å². The molecular weight excluding hydrogens is 404 g/mol. The van der Waals surface area contributed by atoms with Gasteiger partial charge in [-0.1, -0.05) is 35.9 Å². The topological polar surface area (TPSA) is 78.8 Å². The summed E-state index contributed by atoms with van der Waals surface area (Å²) in [6.45, 7) is 4.31. The number of likely N-dealkylation sites (N-methyl/N-ethyl adjacent to an activating group) is 1. The molecule has 1 N–H and O–H groups in total. The van der Waals surface area contributed by atoms with Crippen LogP contribution in [0.25, 0.3) is 11.1 Å². The van der Waals surface area contributed by atoms with Crippen molar-refractivity contribution in [2.45, 2.75) is 12.3 Å². The van der Waals surface area contributed by atoms with Crippen molar-refractivity contribution in [2.75, 3.05) is 44.9 Å². The number of fused-ring (bicyclic) bond motifs is 2. The van der Waals surface area contributed by atoms with Crippen LogP contribution in [0.1, 0.15) is 21.5 Å². The first-order valence-corrected chi connectivity index (χ1v) is 10.8. The van der Waals surface area contributed by atoms with Gasteiger partial charge < -0.3 is 19.6 Å². The highest BCUT2D eigenvalue weighted by Gasteiger charge is 2.49. The minimum atomic E-state index is -0.122. The molecule has 1 spiro atoms. The van der Waals surface area contributed by atoms with Crippen LogP contribution in [0.3, 0.4) is 0 Å². The van der Waals surface area contributed by atoms with Crippen LogP contribution in [0.4, 0.5) is 11.6 Å². The number of rotatable bonds is 5. The zero-order valence-corrected chi connectivity index (χ0v) is 18.3. The Hall–Kier alpha value is -3.29. The number of nitrogens with zero attached hydrogens (tertiary/aromatic N) is 4. The van der Waals surface area contributed by atoms with Crippen molar-refractivity contribution in [3.05, 3.63) is 71.5 Å². The summed E-state index contributed by atoms with van der Waals surface area (Å²) in [5.74, 6) is 0.489. The molecule has 2 aliphatic rings. The molecule has 32 heavy (non-hydrogen) atoms. The molecule has 0 unspecified atom stereocenters. The molecule has 7 nitrogen and oxygen atoms in total. The summed E-state index contributed by atoms with van der Waals surface area (Å²) in [5.41, 5.74) is 5.84. The minimum Gasteiger partial charge on any atom is -0.395 e. The van der Waals surface area contributed by atoms with E-state index in [0.717, 1.165) is 28.9 Å². The molecule has 7 heteroatoms. The van der Waals surface area contributed by atoms with Crippen LogP contribution in [0, 0.1) is 6.92 Å². The lowest BCUT2D eigenvalue weighted by atomic mass is 9.80. The Labute approximate surface area is 187 Å². The normalized spacial score (nSPS) is 16.0. The average molecular weight is 431 g/mol. The number of aryl methyl sites for hydroxylation is 1. The fraction of sp³-hybridized carbons (Fsp3) is 0.320. The van der Waals surface area contributed by atoms with Crippen molar-refractivity contribution in [1.82, 2.24) is 14.9 Å². The predicted octanol–water partition coefficient (Wildman–Crippen LogP) is 2.94. The number of hydrogen-bond donors (Lipinski definition) is 1. The zero-order valence-electron chi connectivity index (χ0n) is 18.3. The van der Waals surface area contributed by atoms with Crippen LogP contribution < -0.4 is 4.90 Å². The molecule has 0 aliphatic carbocycles. The molecule has 164 valence electrons. The lowest BCUT2D eigenvalue weighted by molar-refractivity contribution is -0.0507. The number of carbonyl (C=O) groups is 1. The van der Waals surface area contributed by atoms with E-state index in [1.165, 1.54) is 10.5 Å². The van der Waals surface area contributed by atoms with E-state index in [1.807, 2.05) is 36.7 Å². The van der Waals surface area contributed by atoms with Gasteiger partial charge in [0, 0.05) is 49.3 Å². The Balaban J connectivity index is 1.49. The van der Waals surface area contributed by atoms with Gasteiger partial charge in [0.15, 0.2) is 0 Å². The first-order valence-electron chi connectivity index (χ1n) is 10.8. The maximum atomic E-state index is 12.8. The monoisotopic (exact) mass is 430 g/mol. The molecule has 1 amide bonds. The van der Waals surface area contributed by atoms with Gasteiger partial charge in [-0.25, -0.2) is 9.97 Å². The average Bonchev–Trinajstić information content (AvgIpc) is 3.14. The molecule has 0 radical (unpaired) electrons. The van der Waals surface area contributed by atoms with Crippen molar-refractivity contribution >= 4 is 17.5 Å².